The van der Waals surface area contributed by atoms with E-state index in [9.17, 15) is 4.79 Å². The molecule has 0 saturated heterocycles. The van der Waals surface area contributed by atoms with Crippen LogP contribution in [-0.4, -0.2) is 17.6 Å². The number of carboxylic acids is 1. The zero-order chi connectivity index (χ0) is 12.1. The van der Waals surface area contributed by atoms with Crippen LogP contribution < -0.4 is 5.32 Å². The van der Waals surface area contributed by atoms with Crippen LogP contribution in [0.3, 0.4) is 0 Å². The quantitative estimate of drug-likeness (QED) is 0.779. The highest BCUT2D eigenvalue weighted by Crippen LogP contribution is 2.27. The average molecular weight is 242 g/mol. The lowest BCUT2D eigenvalue weighted by atomic mass is 10.1. The predicted molar refractivity (Wildman–Crippen MR) is 66.3 cm³/mol. The molecule has 4 heteroatoms. The van der Waals surface area contributed by atoms with E-state index in [1.165, 1.54) is 0 Å². The minimum Gasteiger partial charge on any atom is -0.481 e. The number of hydrogen-bond acceptors (Lipinski definition) is 2. The van der Waals surface area contributed by atoms with Crippen LogP contribution in [0.2, 0.25) is 5.02 Å². The topological polar surface area (TPSA) is 49.3 Å². The Morgan fingerprint density at radius 2 is 2.12 bits per heavy atom. The third-order valence-electron chi connectivity index (χ3n) is 2.30. The zero-order valence-electron chi connectivity index (χ0n) is 9.51. The molecule has 3 nitrogen and oxygen atoms in total. The minimum absolute atomic E-state index is 0.176. The molecule has 0 spiro atoms. The van der Waals surface area contributed by atoms with E-state index in [0.29, 0.717) is 18.0 Å². The van der Waals surface area contributed by atoms with Gasteiger partial charge < -0.3 is 10.4 Å². The van der Waals surface area contributed by atoms with Gasteiger partial charge in [-0.25, -0.2) is 0 Å². The summed E-state index contributed by atoms with van der Waals surface area (Å²) in [4.78, 5) is 10.3. The Bertz CT molecular complexity index is 368. The first-order chi connectivity index (χ1) is 7.50. The van der Waals surface area contributed by atoms with Crippen LogP contribution in [-0.2, 0) is 4.79 Å². The summed E-state index contributed by atoms with van der Waals surface area (Å²) in [6, 6.07) is 3.94. The second-order valence-electron chi connectivity index (χ2n) is 3.86. The summed E-state index contributed by atoms with van der Waals surface area (Å²) in [5.41, 5.74) is 3.11. The molecule has 0 saturated carbocycles. The maximum atomic E-state index is 10.3. The van der Waals surface area contributed by atoms with Gasteiger partial charge in [0.05, 0.1) is 10.7 Å². The van der Waals surface area contributed by atoms with Gasteiger partial charge in [0.25, 0.3) is 0 Å². The summed E-state index contributed by atoms with van der Waals surface area (Å²) >= 11 is 6.10. The highest BCUT2D eigenvalue weighted by molar-refractivity contribution is 6.33. The van der Waals surface area contributed by atoms with Crippen LogP contribution in [0.15, 0.2) is 12.1 Å². The van der Waals surface area contributed by atoms with E-state index in [2.05, 4.69) is 5.32 Å². The number of benzene rings is 1. The van der Waals surface area contributed by atoms with Gasteiger partial charge in [-0.1, -0.05) is 17.7 Å². The standard InChI is InChI=1S/C12H16ClNO2/c1-8-6-9(2)12(10(13)7-8)14-5-3-4-11(15)16/h6-7,14H,3-5H2,1-2H3,(H,15,16). The van der Waals surface area contributed by atoms with E-state index in [1.807, 2.05) is 26.0 Å². The Morgan fingerprint density at radius 3 is 2.69 bits per heavy atom. The molecule has 0 aliphatic rings. The highest BCUT2D eigenvalue weighted by atomic mass is 35.5. The fourth-order valence-electron chi connectivity index (χ4n) is 1.59. The Kier molecular flexibility index (Phi) is 4.62. The Morgan fingerprint density at radius 1 is 1.44 bits per heavy atom. The molecule has 0 atom stereocenters. The van der Waals surface area contributed by atoms with Crippen molar-refractivity contribution in [2.24, 2.45) is 0 Å². The third kappa shape index (κ3) is 3.74. The first kappa shape index (κ1) is 12.8. The van der Waals surface area contributed by atoms with Gasteiger partial charge >= 0.3 is 5.97 Å². The van der Waals surface area contributed by atoms with E-state index >= 15 is 0 Å². The van der Waals surface area contributed by atoms with E-state index in [1.54, 1.807) is 0 Å². The lowest BCUT2D eigenvalue weighted by Gasteiger charge is -2.12. The normalized spacial score (nSPS) is 10.2. The minimum atomic E-state index is -0.770. The number of nitrogens with one attached hydrogen (secondary N) is 1. The molecule has 1 aromatic rings. The Labute approximate surface area is 100 Å². The Hall–Kier alpha value is -1.22. The van der Waals surface area contributed by atoms with Crippen molar-refractivity contribution in [2.45, 2.75) is 26.7 Å². The molecule has 0 fully saturated rings. The molecule has 2 N–H and O–H groups in total. The second kappa shape index (κ2) is 5.75. The monoisotopic (exact) mass is 241 g/mol. The summed E-state index contributed by atoms with van der Waals surface area (Å²) < 4.78 is 0. The number of hydrogen-bond donors (Lipinski definition) is 2. The second-order valence-corrected chi connectivity index (χ2v) is 4.27. The van der Waals surface area contributed by atoms with Crippen molar-refractivity contribution < 1.29 is 9.90 Å². The van der Waals surface area contributed by atoms with E-state index in [0.717, 1.165) is 16.8 Å². The molecule has 16 heavy (non-hydrogen) atoms. The Balaban J connectivity index is 2.57. The number of aryl methyl sites for hydroxylation is 2. The SMILES string of the molecule is Cc1cc(C)c(NCCCC(=O)O)c(Cl)c1. The highest BCUT2D eigenvalue weighted by Gasteiger charge is 2.04. The van der Waals surface area contributed by atoms with Crippen molar-refractivity contribution in [2.75, 3.05) is 11.9 Å². The largest absolute Gasteiger partial charge is 0.481 e. The molecule has 0 aromatic heterocycles. The molecule has 0 radical (unpaired) electrons. The van der Waals surface area contributed by atoms with Gasteiger partial charge in [0.2, 0.25) is 0 Å². The van der Waals surface area contributed by atoms with Gasteiger partial charge in [-0.2, -0.15) is 0 Å². The van der Waals surface area contributed by atoms with E-state index in [-0.39, 0.29) is 6.42 Å². The first-order valence-corrected chi connectivity index (χ1v) is 5.61. The van der Waals surface area contributed by atoms with Crippen molar-refractivity contribution >= 4 is 23.3 Å². The van der Waals surface area contributed by atoms with Crippen molar-refractivity contribution in [3.05, 3.63) is 28.3 Å². The van der Waals surface area contributed by atoms with Gasteiger partial charge in [0.1, 0.15) is 0 Å². The molecule has 0 aliphatic carbocycles. The number of rotatable bonds is 5. The fraction of sp³-hybridized carbons (Fsp3) is 0.417. The van der Waals surface area contributed by atoms with Crippen molar-refractivity contribution in [1.82, 2.24) is 0 Å². The van der Waals surface area contributed by atoms with E-state index < -0.39 is 5.97 Å². The zero-order valence-corrected chi connectivity index (χ0v) is 10.3. The fourth-order valence-corrected chi connectivity index (χ4v) is 1.98. The molecule has 0 aliphatic heterocycles. The molecule has 1 aromatic carbocycles. The molecular formula is C12H16ClNO2. The number of aliphatic carboxylic acids is 1. The van der Waals surface area contributed by atoms with Gasteiger partial charge in [0.15, 0.2) is 0 Å². The lowest BCUT2D eigenvalue weighted by Crippen LogP contribution is -2.06. The van der Waals surface area contributed by atoms with Gasteiger partial charge in [-0.3, -0.25) is 4.79 Å². The van der Waals surface area contributed by atoms with Gasteiger partial charge in [0, 0.05) is 13.0 Å². The number of halogens is 1. The maximum Gasteiger partial charge on any atom is 0.303 e. The number of carboxylic acid groups (broad SMARTS) is 1. The van der Waals surface area contributed by atoms with Crippen LogP contribution in [0.1, 0.15) is 24.0 Å². The average Bonchev–Trinajstić information content (AvgIpc) is 2.14. The summed E-state index contributed by atoms with van der Waals surface area (Å²) in [5.74, 6) is -0.770. The smallest absolute Gasteiger partial charge is 0.303 e. The molecule has 0 bridgehead atoms. The summed E-state index contributed by atoms with van der Waals surface area (Å²) in [7, 11) is 0. The van der Waals surface area contributed by atoms with Crippen LogP contribution in [0.25, 0.3) is 0 Å². The lowest BCUT2D eigenvalue weighted by molar-refractivity contribution is -0.137. The van der Waals surface area contributed by atoms with Crippen LogP contribution in [0.5, 0.6) is 0 Å². The predicted octanol–water partition coefficient (Wildman–Crippen LogP) is 3.23. The molecule has 0 heterocycles. The molecular weight excluding hydrogens is 226 g/mol. The molecule has 0 unspecified atom stereocenters. The molecule has 88 valence electrons. The van der Waals surface area contributed by atoms with E-state index in [4.69, 9.17) is 16.7 Å². The maximum absolute atomic E-state index is 10.3. The summed E-state index contributed by atoms with van der Waals surface area (Å²) in [5, 5.41) is 12.4. The van der Waals surface area contributed by atoms with Gasteiger partial charge in [-0.15, -0.1) is 0 Å². The van der Waals surface area contributed by atoms with Crippen molar-refractivity contribution in [1.29, 1.82) is 0 Å². The van der Waals surface area contributed by atoms with Crippen LogP contribution in [0.4, 0.5) is 5.69 Å². The summed E-state index contributed by atoms with van der Waals surface area (Å²) in [6.07, 6.45) is 0.772. The summed E-state index contributed by atoms with van der Waals surface area (Å²) in [6.45, 7) is 4.60. The first-order valence-electron chi connectivity index (χ1n) is 5.23. The number of anilines is 1. The van der Waals surface area contributed by atoms with Gasteiger partial charge in [-0.05, 0) is 37.5 Å². The van der Waals surface area contributed by atoms with Crippen molar-refractivity contribution in [3.8, 4) is 0 Å². The van der Waals surface area contributed by atoms with Crippen molar-refractivity contribution in [3.63, 3.8) is 0 Å². The number of carbonyl (C=O) groups is 1. The van der Waals surface area contributed by atoms with Crippen LogP contribution >= 0.6 is 11.6 Å². The molecule has 0 amide bonds. The van der Waals surface area contributed by atoms with Crippen LogP contribution in [0, 0.1) is 13.8 Å². The third-order valence-corrected chi connectivity index (χ3v) is 2.60. The molecule has 1 rings (SSSR count).